The zero-order valence-electron chi connectivity index (χ0n) is 18.5. The van der Waals surface area contributed by atoms with Crippen LogP contribution in [0.4, 0.5) is 4.39 Å². The molecule has 0 atom stereocenters. The normalized spacial score (nSPS) is 14.6. The summed E-state index contributed by atoms with van der Waals surface area (Å²) >= 11 is 0. The lowest BCUT2D eigenvalue weighted by Crippen LogP contribution is -2.19. The molecule has 0 aliphatic heterocycles. The molecule has 0 amide bonds. The van der Waals surface area contributed by atoms with Crippen LogP contribution in [0.1, 0.15) is 31.2 Å². The van der Waals surface area contributed by atoms with Gasteiger partial charge in [0, 0.05) is 25.0 Å². The molecule has 1 aromatic carbocycles. The first-order valence-corrected chi connectivity index (χ1v) is 13.0. The highest BCUT2D eigenvalue weighted by Gasteiger charge is 2.21. The molecule has 0 bridgehead atoms. The van der Waals surface area contributed by atoms with Gasteiger partial charge in [0.2, 0.25) is 0 Å². The van der Waals surface area contributed by atoms with E-state index in [9.17, 15) is 12.8 Å². The number of H-pyrrole nitrogens is 1. The molecule has 172 valence electrons. The van der Waals surface area contributed by atoms with E-state index in [0.717, 1.165) is 30.4 Å². The summed E-state index contributed by atoms with van der Waals surface area (Å²) in [6, 6.07) is 6.76. The number of nitrogens with one attached hydrogen (secondary N) is 1. The van der Waals surface area contributed by atoms with Crippen LogP contribution in [0.2, 0.25) is 0 Å². The second-order valence-electron chi connectivity index (χ2n) is 8.84. The van der Waals surface area contributed by atoms with Gasteiger partial charge in [-0.25, -0.2) is 22.8 Å². The van der Waals surface area contributed by atoms with Gasteiger partial charge in [-0.2, -0.15) is 5.10 Å². The number of fused-ring (bicyclic) bond motifs is 1. The van der Waals surface area contributed by atoms with Gasteiger partial charge in [-0.15, -0.1) is 0 Å². The van der Waals surface area contributed by atoms with E-state index in [2.05, 4.69) is 20.1 Å². The van der Waals surface area contributed by atoms with E-state index in [1.807, 2.05) is 25.4 Å². The van der Waals surface area contributed by atoms with Crippen LogP contribution >= 0.6 is 0 Å². The van der Waals surface area contributed by atoms with Crippen LogP contribution in [0.3, 0.4) is 0 Å². The fourth-order valence-corrected chi connectivity index (χ4v) is 5.67. The number of pyridine rings is 1. The molecule has 1 aliphatic carbocycles. The fourth-order valence-electron chi connectivity index (χ4n) is 4.24. The predicted octanol–water partition coefficient (Wildman–Crippen LogP) is 4.31. The first-order chi connectivity index (χ1) is 15.9. The second-order valence-corrected chi connectivity index (χ2v) is 11.1. The first-order valence-electron chi connectivity index (χ1n) is 11.2. The van der Waals surface area contributed by atoms with Crippen molar-refractivity contribution in [3.8, 4) is 22.5 Å². The van der Waals surface area contributed by atoms with Crippen LogP contribution < -0.4 is 0 Å². The zero-order valence-corrected chi connectivity index (χ0v) is 19.3. The molecule has 1 fully saturated rings. The Kier molecular flexibility index (Phi) is 5.74. The quantitative estimate of drug-likeness (QED) is 0.417. The van der Waals surface area contributed by atoms with Crippen molar-refractivity contribution in [2.75, 3.05) is 11.5 Å². The zero-order chi connectivity index (χ0) is 23.0. The van der Waals surface area contributed by atoms with Crippen LogP contribution in [0, 0.1) is 11.7 Å². The third-order valence-corrected chi connectivity index (χ3v) is 8.16. The number of aromatic amines is 1. The highest BCUT2D eigenvalue weighted by atomic mass is 32.2. The smallest absolute Gasteiger partial charge is 0.178 e. The number of sulfone groups is 1. The van der Waals surface area contributed by atoms with Crippen LogP contribution in [-0.4, -0.2) is 44.7 Å². The average molecular weight is 468 g/mol. The second kappa shape index (κ2) is 8.70. The number of hydrogen-bond donors (Lipinski definition) is 1. The van der Waals surface area contributed by atoms with Crippen LogP contribution in [-0.2, 0) is 23.3 Å². The van der Waals surface area contributed by atoms with E-state index in [-0.39, 0.29) is 17.9 Å². The molecular weight excluding hydrogens is 441 g/mol. The fraction of sp³-hybridized carbons (Fsp3) is 0.375. The summed E-state index contributed by atoms with van der Waals surface area (Å²) in [4.78, 5) is 12.1. The average Bonchev–Trinajstić information content (AvgIpc) is 3.37. The number of rotatable bonds is 8. The van der Waals surface area contributed by atoms with Gasteiger partial charge in [0.25, 0.3) is 0 Å². The highest BCUT2D eigenvalue weighted by molar-refractivity contribution is 7.91. The maximum Gasteiger partial charge on any atom is 0.178 e. The van der Waals surface area contributed by atoms with Crippen LogP contribution in [0.15, 0.2) is 42.9 Å². The summed E-state index contributed by atoms with van der Waals surface area (Å²) in [6.07, 6.45) is 9.59. The van der Waals surface area contributed by atoms with Crippen LogP contribution in [0.25, 0.3) is 33.7 Å². The molecule has 9 heteroatoms. The predicted molar refractivity (Wildman–Crippen MR) is 126 cm³/mol. The minimum Gasteiger partial charge on any atom is -0.336 e. The number of halogens is 1. The number of aromatic nitrogens is 5. The van der Waals surface area contributed by atoms with Gasteiger partial charge in [-0.3, -0.25) is 4.68 Å². The molecule has 4 aromatic rings. The van der Waals surface area contributed by atoms with Crippen molar-refractivity contribution in [2.45, 2.75) is 32.1 Å². The van der Waals surface area contributed by atoms with Gasteiger partial charge < -0.3 is 4.98 Å². The molecule has 33 heavy (non-hydrogen) atoms. The van der Waals surface area contributed by atoms with Crippen molar-refractivity contribution >= 4 is 21.0 Å². The Morgan fingerprint density at radius 3 is 2.73 bits per heavy atom. The third-order valence-electron chi connectivity index (χ3n) is 6.48. The molecule has 0 saturated heterocycles. The summed E-state index contributed by atoms with van der Waals surface area (Å²) in [7, 11) is -1.34. The number of imidazole rings is 1. The molecule has 5 rings (SSSR count). The lowest BCUT2D eigenvalue weighted by atomic mass is 9.84. The number of hydrogen-bond acceptors (Lipinski definition) is 5. The number of benzene rings is 1. The van der Waals surface area contributed by atoms with E-state index in [4.69, 9.17) is 0 Å². The largest absolute Gasteiger partial charge is 0.336 e. The molecule has 0 radical (unpaired) electrons. The summed E-state index contributed by atoms with van der Waals surface area (Å²) in [5.74, 6) is 0.964. The monoisotopic (exact) mass is 467 g/mol. The third kappa shape index (κ3) is 4.68. The van der Waals surface area contributed by atoms with E-state index in [1.165, 1.54) is 12.5 Å². The Labute approximate surface area is 192 Å². The topological polar surface area (TPSA) is 93.5 Å². The molecule has 0 unspecified atom stereocenters. The molecule has 1 N–H and O–H groups in total. The van der Waals surface area contributed by atoms with E-state index in [0.29, 0.717) is 34.0 Å². The maximum atomic E-state index is 14.9. The minimum absolute atomic E-state index is 0.0233. The lowest BCUT2D eigenvalue weighted by molar-refractivity contribution is 0.307. The maximum absolute atomic E-state index is 14.9. The van der Waals surface area contributed by atoms with E-state index in [1.54, 1.807) is 23.1 Å². The Morgan fingerprint density at radius 1 is 1.18 bits per heavy atom. The van der Waals surface area contributed by atoms with Crippen molar-refractivity contribution in [3.05, 3.63) is 54.2 Å². The van der Waals surface area contributed by atoms with Crippen LogP contribution in [0.5, 0.6) is 0 Å². The Bertz CT molecular complexity index is 1410. The summed E-state index contributed by atoms with van der Waals surface area (Å²) < 4.78 is 41.3. The Morgan fingerprint density at radius 2 is 2.03 bits per heavy atom. The van der Waals surface area contributed by atoms with E-state index < -0.39 is 15.7 Å². The number of aryl methyl sites for hydroxylation is 2. The molecule has 0 spiro atoms. The summed E-state index contributed by atoms with van der Waals surface area (Å²) in [6.45, 7) is 0. The molecule has 1 saturated carbocycles. The molecule has 7 nitrogen and oxygen atoms in total. The molecule has 3 heterocycles. The standard InChI is InChI=1S/C24H26FN5O2S/c1-30-15-19(14-27-30)23-28-22-20(7-10-26-24(22)29-23)18-6-5-17(21(25)13-18)9-12-33(31,32)11-8-16-3-2-4-16/h5-7,10,13-16H,2-4,8-9,11-12H2,1H3,(H,26,28,29). The van der Waals surface area contributed by atoms with Gasteiger partial charge in [0.05, 0.1) is 28.8 Å². The highest BCUT2D eigenvalue weighted by Crippen LogP contribution is 2.31. The minimum atomic E-state index is -3.18. The summed E-state index contributed by atoms with van der Waals surface area (Å²) in [5.41, 5.74) is 3.95. The van der Waals surface area contributed by atoms with E-state index >= 15 is 0 Å². The summed E-state index contributed by atoms with van der Waals surface area (Å²) in [5, 5.41) is 4.17. The van der Waals surface area contributed by atoms with Gasteiger partial charge in [0.15, 0.2) is 15.5 Å². The van der Waals surface area contributed by atoms with Gasteiger partial charge >= 0.3 is 0 Å². The Hall–Kier alpha value is -3.07. The SMILES string of the molecule is Cn1cc(-c2nc3nccc(-c4ccc(CCS(=O)(=O)CCC5CCC5)c(F)c4)c3[nH]2)cn1. The first kappa shape index (κ1) is 21.8. The van der Waals surface area contributed by atoms with Crippen molar-refractivity contribution in [2.24, 2.45) is 13.0 Å². The molecule has 1 aliphatic rings. The molecular formula is C24H26FN5O2S. The van der Waals surface area contributed by atoms with Crippen molar-refractivity contribution < 1.29 is 12.8 Å². The van der Waals surface area contributed by atoms with Gasteiger partial charge in [-0.05, 0) is 42.0 Å². The number of nitrogens with zero attached hydrogens (tertiary/aromatic N) is 4. The Balaban J connectivity index is 1.35. The van der Waals surface area contributed by atoms with Crippen molar-refractivity contribution in [1.82, 2.24) is 24.7 Å². The van der Waals surface area contributed by atoms with Crippen molar-refractivity contribution in [3.63, 3.8) is 0 Å². The lowest BCUT2D eigenvalue weighted by Gasteiger charge is -2.24. The van der Waals surface area contributed by atoms with Gasteiger partial charge in [-0.1, -0.05) is 31.4 Å². The van der Waals surface area contributed by atoms with Gasteiger partial charge in [0.1, 0.15) is 11.6 Å². The molecule has 3 aromatic heterocycles. The van der Waals surface area contributed by atoms with Crippen molar-refractivity contribution in [1.29, 1.82) is 0 Å².